The number of hydrogen-bond donors (Lipinski definition) is 5. The molecule has 6 rings (SSSR count). The summed E-state index contributed by atoms with van der Waals surface area (Å²) in [6.07, 6.45) is 17.2. The number of H-pyrrole nitrogens is 1. The average Bonchev–Trinajstić information content (AvgIpc) is 3.49. The summed E-state index contributed by atoms with van der Waals surface area (Å²) in [5.74, 6) is 2.71. The van der Waals surface area contributed by atoms with E-state index in [1.807, 2.05) is 0 Å². The van der Waals surface area contributed by atoms with Crippen LogP contribution in [0.4, 0.5) is 0 Å². The molecule has 0 radical (unpaired) electrons. The molecule has 0 spiro atoms. The summed E-state index contributed by atoms with van der Waals surface area (Å²) in [7, 11) is 0. The maximum atomic E-state index is 12.6. The Balaban J connectivity index is 1.07. The topological polar surface area (TPSA) is 144 Å². The molecule has 4 aliphatic carbocycles. The van der Waals surface area contributed by atoms with Crippen LogP contribution < -0.4 is 5.32 Å². The molecule has 0 unspecified atom stereocenters. The number of carbonyl (C=O) groups is 2. The van der Waals surface area contributed by atoms with Gasteiger partial charge >= 0.3 is 5.97 Å². The highest BCUT2D eigenvalue weighted by Crippen LogP contribution is 2.67. The zero-order chi connectivity index (χ0) is 30.6. The predicted octanol–water partition coefficient (Wildman–Crippen LogP) is 4.69. The van der Waals surface area contributed by atoms with Crippen molar-refractivity contribution in [2.24, 2.45) is 33.7 Å². The lowest BCUT2D eigenvalue weighted by Gasteiger charge is -2.58. The Labute approximate surface area is 251 Å². The lowest BCUT2D eigenvalue weighted by molar-refractivity contribution is -0.142. The molecule has 4 aliphatic rings. The lowest BCUT2D eigenvalue weighted by Crippen LogP contribution is -2.54. The van der Waals surface area contributed by atoms with Gasteiger partial charge in [0.1, 0.15) is 17.4 Å². The molecule has 1 aromatic carbocycles. The third-order valence-corrected chi connectivity index (χ3v) is 11.6. The number of carboxylic acids is 1. The Morgan fingerprint density at radius 3 is 2.74 bits per heavy atom. The number of aromatic hydroxyl groups is 1. The predicted molar refractivity (Wildman–Crippen MR) is 162 cm³/mol. The van der Waals surface area contributed by atoms with Crippen LogP contribution in [0, 0.1) is 40.9 Å². The molecule has 9 heteroatoms. The molecule has 43 heavy (non-hydrogen) atoms. The van der Waals surface area contributed by atoms with Crippen LogP contribution in [0.2, 0.25) is 0 Å². The van der Waals surface area contributed by atoms with E-state index in [-0.39, 0.29) is 29.6 Å². The number of phenols is 1. The number of terminal acetylenes is 1. The first-order valence-corrected chi connectivity index (χ1v) is 15.4. The van der Waals surface area contributed by atoms with Gasteiger partial charge in [-0.25, -0.2) is 4.79 Å². The number of carboxylic acid groups (broad SMARTS) is 1. The molecule has 0 bridgehead atoms. The monoisotopic (exact) mass is 587 g/mol. The second kappa shape index (κ2) is 10.7. The van der Waals surface area contributed by atoms with Crippen molar-refractivity contribution in [2.45, 2.75) is 83.3 Å². The van der Waals surface area contributed by atoms with Crippen molar-refractivity contribution in [2.75, 3.05) is 6.61 Å². The fraction of sp³-hybridized carbons (Fsp3) is 0.559. The number of nitrogens with one attached hydrogen (secondary N) is 2. The standard InChI is InChI=1S/C34H41N3O6/c1-4-34(42)14-11-27-25-7-5-21-16-22(9-12-32(21,2)26(25)10-13-33(27,34)3)37-43-19-30(39)36-29(31(40)41)15-20-18-35-28-17-23(38)6-8-24(20)28/h1,6,8,16-18,25-27,29,35,38,42H,5,7,9-15,19H2,2-3H3,(H,36,39)(H,40,41)/b37-22+/t25-,26+,27+,29+,32+,33+,34+/m1/s1. The van der Waals surface area contributed by atoms with E-state index in [1.54, 1.807) is 18.3 Å². The van der Waals surface area contributed by atoms with E-state index in [1.165, 1.54) is 11.6 Å². The maximum Gasteiger partial charge on any atom is 0.326 e. The number of phenolic OH excluding ortho intramolecular Hbond substituents is 1. The van der Waals surface area contributed by atoms with Crippen LogP contribution in [0.1, 0.15) is 70.8 Å². The number of amides is 1. The van der Waals surface area contributed by atoms with E-state index < -0.39 is 23.5 Å². The molecule has 228 valence electrons. The van der Waals surface area contributed by atoms with Crippen molar-refractivity contribution in [3.8, 4) is 18.1 Å². The molecule has 3 saturated carbocycles. The molecule has 1 heterocycles. The van der Waals surface area contributed by atoms with Gasteiger partial charge < -0.3 is 30.5 Å². The Morgan fingerprint density at radius 2 is 1.98 bits per heavy atom. The number of aliphatic carboxylic acids is 1. The molecule has 3 fully saturated rings. The third kappa shape index (κ3) is 4.90. The number of benzene rings is 1. The Kier molecular flexibility index (Phi) is 7.32. The highest BCUT2D eigenvalue weighted by Gasteiger charge is 2.63. The second-order valence-electron chi connectivity index (χ2n) is 13.6. The molecule has 0 saturated heterocycles. The quantitative estimate of drug-likeness (QED) is 0.235. The minimum atomic E-state index is -1.15. The summed E-state index contributed by atoms with van der Waals surface area (Å²) < 4.78 is 0. The number of hydrogen-bond acceptors (Lipinski definition) is 6. The second-order valence-corrected chi connectivity index (χ2v) is 13.6. The van der Waals surface area contributed by atoms with Crippen LogP contribution in [0.3, 0.4) is 0 Å². The third-order valence-electron chi connectivity index (χ3n) is 11.6. The van der Waals surface area contributed by atoms with Gasteiger partial charge in [0.25, 0.3) is 5.91 Å². The lowest BCUT2D eigenvalue weighted by atomic mass is 9.46. The van der Waals surface area contributed by atoms with Crippen molar-refractivity contribution in [1.82, 2.24) is 10.3 Å². The van der Waals surface area contributed by atoms with E-state index in [0.29, 0.717) is 29.7 Å². The molecule has 9 nitrogen and oxygen atoms in total. The molecular formula is C34H41N3O6. The Morgan fingerprint density at radius 1 is 1.19 bits per heavy atom. The summed E-state index contributed by atoms with van der Waals surface area (Å²) in [6.45, 7) is 4.22. The molecule has 5 N–H and O–H groups in total. The van der Waals surface area contributed by atoms with Crippen LogP contribution >= 0.6 is 0 Å². The first-order chi connectivity index (χ1) is 20.5. The Bertz CT molecular complexity index is 1550. The largest absolute Gasteiger partial charge is 0.508 e. The first-order valence-electron chi connectivity index (χ1n) is 15.4. The zero-order valence-electron chi connectivity index (χ0n) is 24.9. The highest BCUT2D eigenvalue weighted by atomic mass is 16.6. The molecule has 0 aliphatic heterocycles. The van der Waals surface area contributed by atoms with E-state index in [0.717, 1.165) is 61.6 Å². The van der Waals surface area contributed by atoms with Crippen molar-refractivity contribution in [1.29, 1.82) is 0 Å². The molecular weight excluding hydrogens is 546 g/mol. The maximum absolute atomic E-state index is 12.6. The number of aromatic nitrogens is 1. The van der Waals surface area contributed by atoms with Gasteiger partial charge in [-0.1, -0.05) is 30.5 Å². The van der Waals surface area contributed by atoms with Crippen LogP contribution in [0.15, 0.2) is 41.2 Å². The normalized spacial score (nSPS) is 34.8. The van der Waals surface area contributed by atoms with Gasteiger partial charge in [-0.3, -0.25) is 4.79 Å². The fourth-order valence-electron chi connectivity index (χ4n) is 9.07. The van der Waals surface area contributed by atoms with Crippen LogP contribution in [-0.2, 0) is 20.8 Å². The number of aliphatic hydroxyl groups is 1. The number of rotatable bonds is 7. The van der Waals surface area contributed by atoms with Gasteiger partial charge in [0, 0.05) is 35.0 Å². The molecule has 1 amide bonds. The van der Waals surface area contributed by atoms with Crippen LogP contribution in [0.25, 0.3) is 10.9 Å². The van der Waals surface area contributed by atoms with Crippen molar-refractivity contribution < 1.29 is 29.7 Å². The Hall–Kier alpha value is -3.77. The fourth-order valence-corrected chi connectivity index (χ4v) is 9.07. The summed E-state index contributed by atoms with van der Waals surface area (Å²) in [6, 6.07) is 3.68. The summed E-state index contributed by atoms with van der Waals surface area (Å²) in [5.41, 5.74) is 2.46. The van der Waals surface area contributed by atoms with E-state index in [9.17, 15) is 24.9 Å². The molecule has 7 atom stereocenters. The number of nitrogens with zero attached hydrogens (tertiary/aromatic N) is 1. The molecule has 1 aromatic heterocycles. The van der Waals surface area contributed by atoms with Gasteiger partial charge in [0.2, 0.25) is 0 Å². The minimum absolute atomic E-state index is 0.0767. The van der Waals surface area contributed by atoms with E-state index >= 15 is 0 Å². The molecule has 2 aromatic rings. The number of aromatic amines is 1. The van der Waals surface area contributed by atoms with Gasteiger partial charge in [0.15, 0.2) is 6.61 Å². The first kappa shape index (κ1) is 29.3. The number of fused-ring (bicyclic) bond motifs is 6. The van der Waals surface area contributed by atoms with Crippen molar-refractivity contribution in [3.05, 3.63) is 41.6 Å². The van der Waals surface area contributed by atoms with Crippen molar-refractivity contribution >= 4 is 28.5 Å². The number of oxime groups is 1. The number of allylic oxidation sites excluding steroid dienone is 2. The van der Waals surface area contributed by atoms with Crippen molar-refractivity contribution in [3.63, 3.8) is 0 Å². The van der Waals surface area contributed by atoms with Gasteiger partial charge in [-0.2, -0.15) is 0 Å². The summed E-state index contributed by atoms with van der Waals surface area (Å²) in [4.78, 5) is 32.9. The van der Waals surface area contributed by atoms with E-state index in [2.05, 4.69) is 41.3 Å². The van der Waals surface area contributed by atoms with Gasteiger partial charge in [-0.05, 0) is 98.3 Å². The average molecular weight is 588 g/mol. The van der Waals surface area contributed by atoms with Gasteiger partial charge in [-0.15, -0.1) is 6.42 Å². The smallest absolute Gasteiger partial charge is 0.326 e. The highest BCUT2D eigenvalue weighted by molar-refractivity contribution is 5.96. The number of carbonyl (C=O) groups excluding carboxylic acids is 1. The summed E-state index contributed by atoms with van der Waals surface area (Å²) in [5, 5.41) is 38.2. The van der Waals surface area contributed by atoms with Crippen LogP contribution in [-0.4, -0.2) is 56.1 Å². The summed E-state index contributed by atoms with van der Waals surface area (Å²) >= 11 is 0. The van der Waals surface area contributed by atoms with Gasteiger partial charge in [0.05, 0.1) is 5.71 Å². The SMILES string of the molecule is C#C[C@]1(O)CC[C@H]2[C@@H]3CCC4=C/C(=N/OCC(=O)N[C@@H](Cc5c[nH]c6cc(O)ccc56)C(=O)O)CC[C@]4(C)[C@H]3CC[C@@]21C. The van der Waals surface area contributed by atoms with Crippen LogP contribution in [0.5, 0.6) is 5.75 Å². The zero-order valence-corrected chi connectivity index (χ0v) is 24.9. The minimum Gasteiger partial charge on any atom is -0.508 e. The van der Waals surface area contributed by atoms with E-state index in [4.69, 9.17) is 11.3 Å².